The van der Waals surface area contributed by atoms with Crippen LogP contribution in [0.25, 0.3) is 0 Å². The third-order valence-corrected chi connectivity index (χ3v) is 2.38. The lowest BCUT2D eigenvalue weighted by molar-refractivity contribution is -0.144. The summed E-state index contributed by atoms with van der Waals surface area (Å²) in [6.45, 7) is 4.01. The van der Waals surface area contributed by atoms with Gasteiger partial charge in [0.15, 0.2) is 5.78 Å². The molecule has 1 rings (SSSR count). The average molecular weight is 238 g/mol. The monoisotopic (exact) mass is 238 g/mol. The van der Waals surface area contributed by atoms with Crippen LogP contribution in [0.15, 0.2) is 12.4 Å². The minimum atomic E-state index is -0.251. The number of carbonyl (C=O) groups is 2. The molecule has 1 aromatic rings. The fourth-order valence-electron chi connectivity index (χ4n) is 1.58. The highest BCUT2D eigenvalue weighted by molar-refractivity contribution is 5.95. The van der Waals surface area contributed by atoms with Gasteiger partial charge >= 0.3 is 5.97 Å². The van der Waals surface area contributed by atoms with Crippen LogP contribution >= 0.6 is 0 Å². The van der Waals surface area contributed by atoms with Crippen LogP contribution in [0.4, 0.5) is 0 Å². The number of rotatable bonds is 6. The van der Waals surface area contributed by atoms with E-state index < -0.39 is 0 Å². The van der Waals surface area contributed by atoms with Crippen LogP contribution in [-0.4, -0.2) is 28.1 Å². The lowest BCUT2D eigenvalue weighted by Crippen LogP contribution is -2.12. The molecule has 0 N–H and O–H groups in total. The highest BCUT2D eigenvalue weighted by Gasteiger charge is 2.16. The lowest BCUT2D eigenvalue weighted by atomic mass is 9.99. The van der Waals surface area contributed by atoms with E-state index in [0.29, 0.717) is 18.6 Å². The zero-order valence-electron chi connectivity index (χ0n) is 10.5. The maximum Gasteiger partial charge on any atom is 0.306 e. The van der Waals surface area contributed by atoms with Crippen molar-refractivity contribution in [1.29, 1.82) is 0 Å². The Balaban J connectivity index is 2.43. The van der Waals surface area contributed by atoms with Crippen molar-refractivity contribution in [2.45, 2.75) is 26.7 Å². The van der Waals surface area contributed by atoms with Gasteiger partial charge in [0.25, 0.3) is 0 Å². The van der Waals surface area contributed by atoms with Crippen molar-refractivity contribution in [2.24, 2.45) is 13.0 Å². The summed E-state index contributed by atoms with van der Waals surface area (Å²) >= 11 is 0. The first-order valence-corrected chi connectivity index (χ1v) is 5.70. The standard InChI is InChI=1S/C12H18N2O3/c1-4-17-12(16)6-9(2)5-11(15)10-7-13-14(3)8-10/h7-9H,4-6H2,1-3H3/t9-/m0/s1. The molecule has 0 amide bonds. The molecular weight excluding hydrogens is 220 g/mol. The number of Topliss-reactive ketones (excluding diaryl/α,β-unsaturated/α-hetero) is 1. The highest BCUT2D eigenvalue weighted by Crippen LogP contribution is 2.13. The maximum absolute atomic E-state index is 11.8. The largest absolute Gasteiger partial charge is 0.466 e. The smallest absolute Gasteiger partial charge is 0.306 e. The fraction of sp³-hybridized carbons (Fsp3) is 0.583. The topological polar surface area (TPSA) is 61.2 Å². The SMILES string of the molecule is CCOC(=O)C[C@@H](C)CC(=O)c1cnn(C)c1. The third kappa shape index (κ3) is 4.38. The van der Waals surface area contributed by atoms with Gasteiger partial charge in [0.1, 0.15) is 0 Å². The number of aryl methyl sites for hydroxylation is 1. The summed E-state index contributed by atoms with van der Waals surface area (Å²) < 4.78 is 6.42. The van der Waals surface area contributed by atoms with Crippen LogP contribution in [0.1, 0.15) is 37.0 Å². The summed E-state index contributed by atoms with van der Waals surface area (Å²) in [6.07, 6.45) is 3.84. The molecule has 0 radical (unpaired) electrons. The summed E-state index contributed by atoms with van der Waals surface area (Å²) in [5.74, 6) is -0.254. The zero-order chi connectivity index (χ0) is 12.8. The first-order chi connectivity index (χ1) is 8.02. The average Bonchev–Trinajstić information content (AvgIpc) is 2.64. The van der Waals surface area contributed by atoms with E-state index >= 15 is 0 Å². The number of hydrogen-bond acceptors (Lipinski definition) is 4. The summed E-state index contributed by atoms with van der Waals surface area (Å²) in [5.41, 5.74) is 0.586. The summed E-state index contributed by atoms with van der Waals surface area (Å²) in [5, 5.41) is 3.94. The molecule has 1 heterocycles. The van der Waals surface area contributed by atoms with Crippen molar-refractivity contribution in [2.75, 3.05) is 6.61 Å². The Morgan fingerprint density at radius 1 is 1.47 bits per heavy atom. The summed E-state index contributed by atoms with van der Waals surface area (Å²) in [7, 11) is 1.76. The van der Waals surface area contributed by atoms with Crippen LogP contribution in [0.2, 0.25) is 0 Å². The van der Waals surface area contributed by atoms with Crippen molar-refractivity contribution in [3.8, 4) is 0 Å². The first kappa shape index (κ1) is 13.4. The van der Waals surface area contributed by atoms with E-state index in [1.54, 1.807) is 31.0 Å². The van der Waals surface area contributed by atoms with Gasteiger partial charge in [0.2, 0.25) is 0 Å². The van der Waals surface area contributed by atoms with Crippen LogP contribution in [0, 0.1) is 5.92 Å². The van der Waals surface area contributed by atoms with Crippen molar-refractivity contribution < 1.29 is 14.3 Å². The Hall–Kier alpha value is -1.65. The molecule has 0 saturated heterocycles. The molecule has 0 unspecified atom stereocenters. The zero-order valence-corrected chi connectivity index (χ0v) is 10.5. The molecule has 0 aromatic carbocycles. The number of hydrogen-bond donors (Lipinski definition) is 0. The molecule has 94 valence electrons. The summed E-state index contributed by atoms with van der Waals surface area (Å²) in [4.78, 5) is 23.0. The first-order valence-electron chi connectivity index (χ1n) is 5.70. The van der Waals surface area contributed by atoms with Crippen LogP contribution in [0.3, 0.4) is 0 Å². The van der Waals surface area contributed by atoms with Gasteiger partial charge in [-0.05, 0) is 12.8 Å². The number of ketones is 1. The molecule has 5 nitrogen and oxygen atoms in total. The number of ether oxygens (including phenoxy) is 1. The molecular formula is C12H18N2O3. The van der Waals surface area contributed by atoms with Gasteiger partial charge in [-0.25, -0.2) is 0 Å². The third-order valence-electron chi connectivity index (χ3n) is 2.38. The molecule has 0 bridgehead atoms. The van der Waals surface area contributed by atoms with Crippen molar-refractivity contribution in [1.82, 2.24) is 9.78 Å². The predicted molar refractivity (Wildman–Crippen MR) is 62.6 cm³/mol. The van der Waals surface area contributed by atoms with E-state index in [1.165, 1.54) is 0 Å². The number of nitrogens with zero attached hydrogens (tertiary/aromatic N) is 2. The highest BCUT2D eigenvalue weighted by atomic mass is 16.5. The maximum atomic E-state index is 11.8. The van der Waals surface area contributed by atoms with Gasteiger partial charge in [0.05, 0.1) is 18.4 Å². The molecule has 0 aliphatic heterocycles. The van der Waals surface area contributed by atoms with Crippen molar-refractivity contribution in [3.63, 3.8) is 0 Å². The number of carbonyl (C=O) groups excluding carboxylic acids is 2. The van der Waals surface area contributed by atoms with Gasteiger partial charge < -0.3 is 4.74 Å². The minimum absolute atomic E-state index is 0.00917. The molecule has 17 heavy (non-hydrogen) atoms. The predicted octanol–water partition coefficient (Wildman–Crippen LogP) is 1.58. The Morgan fingerprint density at radius 3 is 2.71 bits per heavy atom. The molecule has 0 fully saturated rings. The van der Waals surface area contributed by atoms with Crippen LogP contribution in [0.5, 0.6) is 0 Å². The number of aromatic nitrogens is 2. The van der Waals surface area contributed by atoms with Gasteiger partial charge in [-0.15, -0.1) is 0 Å². The van der Waals surface area contributed by atoms with E-state index in [0.717, 1.165) is 0 Å². The molecule has 1 aromatic heterocycles. The van der Waals surface area contributed by atoms with Crippen LogP contribution < -0.4 is 0 Å². The van der Waals surface area contributed by atoms with E-state index in [2.05, 4.69) is 5.10 Å². The minimum Gasteiger partial charge on any atom is -0.466 e. The molecule has 0 spiro atoms. The second-order valence-electron chi connectivity index (χ2n) is 4.14. The van der Waals surface area contributed by atoms with E-state index in [9.17, 15) is 9.59 Å². The fourth-order valence-corrected chi connectivity index (χ4v) is 1.58. The van der Waals surface area contributed by atoms with Gasteiger partial charge in [-0.2, -0.15) is 5.10 Å². The lowest BCUT2D eigenvalue weighted by Gasteiger charge is -2.08. The second-order valence-corrected chi connectivity index (χ2v) is 4.14. The van der Waals surface area contributed by atoms with E-state index in [4.69, 9.17) is 4.74 Å². The Labute approximate surface area is 101 Å². The van der Waals surface area contributed by atoms with Gasteiger partial charge in [-0.1, -0.05) is 6.92 Å². The Bertz CT molecular complexity index is 398. The second kappa shape index (κ2) is 6.18. The molecule has 0 aliphatic carbocycles. The Morgan fingerprint density at radius 2 is 2.18 bits per heavy atom. The van der Waals surface area contributed by atoms with Crippen molar-refractivity contribution in [3.05, 3.63) is 18.0 Å². The van der Waals surface area contributed by atoms with Crippen LogP contribution in [-0.2, 0) is 16.6 Å². The summed E-state index contributed by atoms with van der Waals surface area (Å²) in [6, 6.07) is 0. The van der Waals surface area contributed by atoms with Gasteiger partial charge in [0, 0.05) is 26.1 Å². The van der Waals surface area contributed by atoms with E-state index in [1.807, 2.05) is 6.92 Å². The quantitative estimate of drug-likeness (QED) is 0.557. The normalized spacial score (nSPS) is 12.2. The van der Waals surface area contributed by atoms with Gasteiger partial charge in [-0.3, -0.25) is 14.3 Å². The van der Waals surface area contributed by atoms with E-state index in [-0.39, 0.29) is 24.1 Å². The Kier molecular flexibility index (Phi) is 4.87. The molecule has 0 saturated carbocycles. The number of esters is 1. The molecule has 0 aliphatic rings. The molecule has 5 heteroatoms. The molecule has 1 atom stereocenters. The van der Waals surface area contributed by atoms with Crippen molar-refractivity contribution >= 4 is 11.8 Å².